The summed E-state index contributed by atoms with van der Waals surface area (Å²) in [5.74, 6) is -1.09. The molecule has 0 saturated heterocycles. The SMILES string of the molecule is O=C(O)C(CC1CC1)NS(=O)(=O)c1ccccc1[N+](=O)[O-]. The van der Waals surface area contributed by atoms with Crippen LogP contribution in [0.5, 0.6) is 0 Å². The van der Waals surface area contributed by atoms with Crippen LogP contribution in [0.3, 0.4) is 0 Å². The van der Waals surface area contributed by atoms with Gasteiger partial charge >= 0.3 is 5.97 Å². The molecule has 1 aromatic carbocycles. The number of carboxylic acid groups (broad SMARTS) is 1. The Bertz CT molecular complexity index is 668. The highest BCUT2D eigenvalue weighted by Gasteiger charge is 2.34. The van der Waals surface area contributed by atoms with Gasteiger partial charge in [0.1, 0.15) is 6.04 Å². The molecule has 1 aromatic rings. The van der Waals surface area contributed by atoms with Gasteiger partial charge in [0.05, 0.1) is 4.92 Å². The monoisotopic (exact) mass is 314 g/mol. The Morgan fingerprint density at radius 3 is 2.57 bits per heavy atom. The highest BCUT2D eigenvalue weighted by molar-refractivity contribution is 7.89. The zero-order valence-corrected chi connectivity index (χ0v) is 11.7. The van der Waals surface area contributed by atoms with Crippen LogP contribution in [-0.2, 0) is 14.8 Å². The van der Waals surface area contributed by atoms with E-state index in [4.69, 9.17) is 5.11 Å². The van der Waals surface area contributed by atoms with Gasteiger partial charge in [-0.05, 0) is 18.4 Å². The quantitative estimate of drug-likeness (QED) is 0.573. The van der Waals surface area contributed by atoms with Crippen LogP contribution in [0.2, 0.25) is 0 Å². The van der Waals surface area contributed by atoms with Crippen molar-refractivity contribution in [3.63, 3.8) is 0 Å². The highest BCUT2D eigenvalue weighted by atomic mass is 32.2. The maximum absolute atomic E-state index is 12.2. The first-order valence-corrected chi connectivity index (χ1v) is 7.78. The molecule has 8 nitrogen and oxygen atoms in total. The first-order chi connectivity index (χ1) is 9.81. The molecule has 1 aliphatic carbocycles. The van der Waals surface area contributed by atoms with Gasteiger partial charge in [0.15, 0.2) is 4.90 Å². The van der Waals surface area contributed by atoms with Gasteiger partial charge in [-0.1, -0.05) is 25.0 Å². The predicted octanol–water partition coefficient (Wildman–Crippen LogP) is 1.13. The van der Waals surface area contributed by atoms with E-state index in [-0.39, 0.29) is 12.3 Å². The summed E-state index contributed by atoms with van der Waals surface area (Å²) in [6.45, 7) is 0. The Hall–Kier alpha value is -2.00. The van der Waals surface area contributed by atoms with Crippen LogP contribution < -0.4 is 4.72 Å². The van der Waals surface area contributed by atoms with Crippen LogP contribution in [0.25, 0.3) is 0 Å². The Kier molecular flexibility index (Phi) is 4.24. The van der Waals surface area contributed by atoms with Gasteiger partial charge < -0.3 is 5.11 Å². The molecule has 0 spiro atoms. The summed E-state index contributed by atoms with van der Waals surface area (Å²) in [6.07, 6.45) is 1.93. The van der Waals surface area contributed by atoms with Gasteiger partial charge in [0, 0.05) is 6.07 Å². The van der Waals surface area contributed by atoms with Gasteiger partial charge in [0.2, 0.25) is 10.0 Å². The van der Waals surface area contributed by atoms with Crippen molar-refractivity contribution >= 4 is 21.7 Å². The highest BCUT2D eigenvalue weighted by Crippen LogP contribution is 2.34. The summed E-state index contributed by atoms with van der Waals surface area (Å²) in [7, 11) is -4.27. The predicted molar refractivity (Wildman–Crippen MR) is 72.2 cm³/mol. The third-order valence-corrected chi connectivity index (χ3v) is 4.73. The number of nitrogens with one attached hydrogen (secondary N) is 1. The molecule has 9 heteroatoms. The molecule has 0 amide bonds. The second-order valence-corrected chi connectivity index (χ2v) is 6.60. The average Bonchev–Trinajstić information content (AvgIpc) is 3.21. The molecule has 0 radical (unpaired) electrons. The zero-order valence-electron chi connectivity index (χ0n) is 10.9. The number of nitro groups is 1. The van der Waals surface area contributed by atoms with E-state index in [0.717, 1.165) is 25.0 Å². The fourth-order valence-electron chi connectivity index (χ4n) is 1.97. The first kappa shape index (κ1) is 15.4. The summed E-state index contributed by atoms with van der Waals surface area (Å²) >= 11 is 0. The number of rotatable bonds is 7. The summed E-state index contributed by atoms with van der Waals surface area (Å²) < 4.78 is 26.4. The Morgan fingerprint density at radius 1 is 1.43 bits per heavy atom. The molecule has 2 N–H and O–H groups in total. The van der Waals surface area contributed by atoms with E-state index in [1.54, 1.807) is 0 Å². The number of hydrogen-bond acceptors (Lipinski definition) is 5. The standard InChI is InChI=1S/C12H14N2O6S/c15-12(16)9(7-8-5-6-8)13-21(19,20)11-4-2-1-3-10(11)14(17)18/h1-4,8-9,13H,5-7H2,(H,15,16). The van der Waals surface area contributed by atoms with Crippen LogP contribution in [0.1, 0.15) is 19.3 Å². The first-order valence-electron chi connectivity index (χ1n) is 6.30. The van der Waals surface area contributed by atoms with Gasteiger partial charge in [-0.15, -0.1) is 0 Å². The molecular weight excluding hydrogens is 300 g/mol. The lowest BCUT2D eigenvalue weighted by Crippen LogP contribution is -2.41. The van der Waals surface area contributed by atoms with Crippen molar-refractivity contribution in [2.75, 3.05) is 0 Å². The van der Waals surface area contributed by atoms with Crippen LogP contribution in [-0.4, -0.2) is 30.5 Å². The minimum atomic E-state index is -4.27. The zero-order chi connectivity index (χ0) is 15.6. The molecule has 1 saturated carbocycles. The fourth-order valence-corrected chi connectivity index (χ4v) is 3.35. The largest absolute Gasteiger partial charge is 0.480 e. The maximum atomic E-state index is 12.2. The topological polar surface area (TPSA) is 127 Å². The third-order valence-electron chi connectivity index (χ3n) is 3.21. The van der Waals surface area contributed by atoms with E-state index in [1.807, 2.05) is 4.72 Å². The molecule has 1 aliphatic rings. The smallest absolute Gasteiger partial charge is 0.321 e. The fraction of sp³-hybridized carbons (Fsp3) is 0.417. The van der Waals surface area contributed by atoms with Crippen molar-refractivity contribution in [2.45, 2.75) is 30.2 Å². The lowest BCUT2D eigenvalue weighted by molar-refractivity contribution is -0.387. The van der Waals surface area contributed by atoms with Crippen molar-refractivity contribution in [1.29, 1.82) is 0 Å². The molecule has 0 aliphatic heterocycles. The van der Waals surface area contributed by atoms with Gasteiger partial charge in [-0.3, -0.25) is 14.9 Å². The molecular formula is C12H14N2O6S. The van der Waals surface area contributed by atoms with Crippen LogP contribution in [0, 0.1) is 16.0 Å². The van der Waals surface area contributed by atoms with E-state index in [2.05, 4.69) is 0 Å². The maximum Gasteiger partial charge on any atom is 0.321 e. The second kappa shape index (κ2) is 5.78. The number of nitrogens with zero attached hydrogens (tertiary/aromatic N) is 1. The Morgan fingerprint density at radius 2 is 2.05 bits per heavy atom. The molecule has 0 heterocycles. The summed E-state index contributed by atoms with van der Waals surface area (Å²) in [6, 6.07) is 3.55. The minimum absolute atomic E-state index is 0.190. The molecule has 0 bridgehead atoms. The number of nitro benzene ring substituents is 1. The lowest BCUT2D eigenvalue weighted by Gasteiger charge is -2.14. The van der Waals surface area contributed by atoms with E-state index < -0.39 is 37.5 Å². The lowest BCUT2D eigenvalue weighted by atomic mass is 10.1. The molecule has 21 heavy (non-hydrogen) atoms. The van der Waals surface area contributed by atoms with Crippen LogP contribution >= 0.6 is 0 Å². The number of hydrogen-bond donors (Lipinski definition) is 2. The summed E-state index contributed by atoms with van der Waals surface area (Å²) in [4.78, 5) is 20.7. The Labute approximate surface area is 121 Å². The average molecular weight is 314 g/mol. The number of sulfonamides is 1. The van der Waals surface area contributed by atoms with Crippen molar-refractivity contribution in [2.24, 2.45) is 5.92 Å². The van der Waals surface area contributed by atoms with Crippen molar-refractivity contribution in [3.05, 3.63) is 34.4 Å². The molecule has 2 rings (SSSR count). The number of aliphatic carboxylic acids is 1. The van der Waals surface area contributed by atoms with E-state index >= 15 is 0 Å². The molecule has 114 valence electrons. The van der Waals surface area contributed by atoms with Gasteiger partial charge in [-0.25, -0.2) is 8.42 Å². The van der Waals surface area contributed by atoms with E-state index in [0.29, 0.717) is 0 Å². The normalized spacial score (nSPS) is 16.4. The minimum Gasteiger partial charge on any atom is -0.480 e. The number of benzene rings is 1. The molecule has 1 fully saturated rings. The van der Waals surface area contributed by atoms with E-state index in [9.17, 15) is 23.3 Å². The molecule has 0 aromatic heterocycles. The van der Waals surface area contributed by atoms with Crippen LogP contribution in [0.4, 0.5) is 5.69 Å². The number of para-hydroxylation sites is 1. The van der Waals surface area contributed by atoms with Crippen molar-refractivity contribution in [3.8, 4) is 0 Å². The summed E-state index contributed by atoms with van der Waals surface area (Å²) in [5.41, 5.74) is -0.583. The second-order valence-electron chi connectivity index (χ2n) is 4.92. The molecule has 1 unspecified atom stereocenters. The number of carboxylic acids is 1. The number of carbonyl (C=O) groups is 1. The Balaban J connectivity index is 2.28. The molecule has 1 atom stereocenters. The van der Waals surface area contributed by atoms with Gasteiger partial charge in [0.25, 0.3) is 5.69 Å². The third kappa shape index (κ3) is 3.76. The van der Waals surface area contributed by atoms with Gasteiger partial charge in [-0.2, -0.15) is 4.72 Å². The van der Waals surface area contributed by atoms with E-state index in [1.165, 1.54) is 12.1 Å². The van der Waals surface area contributed by atoms with Crippen LogP contribution in [0.15, 0.2) is 29.2 Å². The van der Waals surface area contributed by atoms with Crippen molar-refractivity contribution in [1.82, 2.24) is 4.72 Å². The summed E-state index contributed by atoms with van der Waals surface area (Å²) in [5, 5.41) is 20.0. The van der Waals surface area contributed by atoms with Crippen molar-refractivity contribution < 1.29 is 23.2 Å².